The van der Waals surface area contributed by atoms with Crippen LogP contribution in [0.5, 0.6) is 5.75 Å². The molecule has 1 aromatic heterocycles. The number of hydrogen-bond donors (Lipinski definition) is 1. The van der Waals surface area contributed by atoms with Gasteiger partial charge in [-0.15, -0.1) is 10.2 Å². The maximum Gasteiger partial charge on any atom is 0.269 e. The van der Waals surface area contributed by atoms with Crippen LogP contribution in [0.4, 0.5) is 10.8 Å². The van der Waals surface area contributed by atoms with E-state index in [2.05, 4.69) is 15.5 Å². The predicted octanol–water partition coefficient (Wildman–Crippen LogP) is 2.33. The van der Waals surface area contributed by atoms with Crippen LogP contribution in [0, 0.1) is 17.0 Å². The SMILES string of the molecule is CCc1nnc(NC(=O)COc2ccc([N+](=O)[O-])cc2C)s1. The number of benzene rings is 1. The Hall–Kier alpha value is -2.55. The molecule has 22 heavy (non-hydrogen) atoms. The summed E-state index contributed by atoms with van der Waals surface area (Å²) < 4.78 is 5.36. The van der Waals surface area contributed by atoms with Crippen molar-refractivity contribution in [3.8, 4) is 5.75 Å². The first-order chi connectivity index (χ1) is 10.5. The van der Waals surface area contributed by atoms with E-state index in [9.17, 15) is 14.9 Å². The monoisotopic (exact) mass is 322 g/mol. The van der Waals surface area contributed by atoms with Crippen LogP contribution in [0.15, 0.2) is 18.2 Å². The fourth-order valence-corrected chi connectivity index (χ4v) is 2.35. The number of carbonyl (C=O) groups excluding carboxylic acids is 1. The lowest BCUT2D eigenvalue weighted by molar-refractivity contribution is -0.384. The Morgan fingerprint density at radius 2 is 2.23 bits per heavy atom. The summed E-state index contributed by atoms with van der Waals surface area (Å²) >= 11 is 1.31. The van der Waals surface area contributed by atoms with Crippen molar-refractivity contribution in [2.45, 2.75) is 20.3 Å². The second-order valence-corrected chi connectivity index (χ2v) is 5.46. The van der Waals surface area contributed by atoms with E-state index in [-0.39, 0.29) is 18.2 Å². The van der Waals surface area contributed by atoms with Crippen LogP contribution in [0.1, 0.15) is 17.5 Å². The average Bonchev–Trinajstić information content (AvgIpc) is 2.93. The molecule has 2 rings (SSSR count). The van der Waals surface area contributed by atoms with Crippen LogP contribution in [0.2, 0.25) is 0 Å². The van der Waals surface area contributed by atoms with E-state index in [0.29, 0.717) is 16.4 Å². The molecule has 0 bridgehead atoms. The van der Waals surface area contributed by atoms with Crippen LogP contribution in [-0.2, 0) is 11.2 Å². The zero-order valence-corrected chi connectivity index (χ0v) is 12.8. The molecular weight excluding hydrogens is 308 g/mol. The molecule has 0 aliphatic carbocycles. The molecule has 1 aromatic carbocycles. The predicted molar refractivity (Wildman–Crippen MR) is 81.2 cm³/mol. The van der Waals surface area contributed by atoms with E-state index < -0.39 is 4.92 Å². The zero-order valence-electron chi connectivity index (χ0n) is 12.0. The van der Waals surface area contributed by atoms with Crippen LogP contribution in [-0.4, -0.2) is 27.6 Å². The molecule has 0 spiro atoms. The summed E-state index contributed by atoms with van der Waals surface area (Å²) in [6.45, 7) is 3.42. The van der Waals surface area contributed by atoms with E-state index >= 15 is 0 Å². The van der Waals surface area contributed by atoms with Gasteiger partial charge in [-0.1, -0.05) is 18.3 Å². The quantitative estimate of drug-likeness (QED) is 0.646. The lowest BCUT2D eigenvalue weighted by Crippen LogP contribution is -2.20. The highest BCUT2D eigenvalue weighted by Crippen LogP contribution is 2.23. The Bertz CT molecular complexity index is 701. The summed E-state index contributed by atoms with van der Waals surface area (Å²) in [4.78, 5) is 21.9. The van der Waals surface area contributed by atoms with Crippen molar-refractivity contribution < 1.29 is 14.5 Å². The molecule has 0 fully saturated rings. The Kier molecular flexibility index (Phi) is 4.99. The zero-order chi connectivity index (χ0) is 16.1. The van der Waals surface area contributed by atoms with E-state index in [1.807, 2.05) is 6.92 Å². The van der Waals surface area contributed by atoms with Gasteiger partial charge in [-0.25, -0.2) is 0 Å². The summed E-state index contributed by atoms with van der Waals surface area (Å²) in [6.07, 6.45) is 0.756. The number of aryl methyl sites for hydroxylation is 2. The lowest BCUT2D eigenvalue weighted by Gasteiger charge is -2.08. The van der Waals surface area contributed by atoms with Gasteiger partial charge in [0.2, 0.25) is 5.13 Å². The third-order valence-electron chi connectivity index (χ3n) is 2.74. The van der Waals surface area contributed by atoms with Crippen molar-refractivity contribution in [2.75, 3.05) is 11.9 Å². The molecule has 1 amide bonds. The number of aromatic nitrogens is 2. The van der Waals surface area contributed by atoms with Gasteiger partial charge in [-0.05, 0) is 25.0 Å². The number of carbonyl (C=O) groups is 1. The Morgan fingerprint density at radius 3 is 2.82 bits per heavy atom. The summed E-state index contributed by atoms with van der Waals surface area (Å²) in [5.74, 6) is 0.0591. The number of nitrogens with zero attached hydrogens (tertiary/aromatic N) is 3. The van der Waals surface area contributed by atoms with E-state index in [0.717, 1.165) is 11.4 Å². The van der Waals surface area contributed by atoms with Crippen molar-refractivity contribution in [2.24, 2.45) is 0 Å². The normalized spacial score (nSPS) is 10.3. The largest absolute Gasteiger partial charge is 0.483 e. The first-order valence-electron chi connectivity index (χ1n) is 6.49. The summed E-state index contributed by atoms with van der Waals surface area (Å²) in [5, 5.41) is 22.2. The van der Waals surface area contributed by atoms with Crippen LogP contribution in [0.25, 0.3) is 0 Å². The van der Waals surface area contributed by atoms with E-state index in [1.54, 1.807) is 6.92 Å². The molecule has 1 N–H and O–H groups in total. The lowest BCUT2D eigenvalue weighted by atomic mass is 10.2. The molecule has 0 unspecified atom stereocenters. The molecule has 0 aliphatic rings. The molecule has 116 valence electrons. The molecule has 0 radical (unpaired) electrons. The molecular formula is C13H14N4O4S. The Balaban J connectivity index is 1.92. The molecule has 1 heterocycles. The molecule has 9 heteroatoms. The summed E-state index contributed by atoms with van der Waals surface area (Å²) in [5.41, 5.74) is 0.571. The fraction of sp³-hybridized carbons (Fsp3) is 0.308. The number of nitrogens with one attached hydrogen (secondary N) is 1. The number of anilines is 1. The van der Waals surface area contributed by atoms with Crippen molar-refractivity contribution >= 4 is 28.1 Å². The van der Waals surface area contributed by atoms with Crippen molar-refractivity contribution in [3.63, 3.8) is 0 Å². The third-order valence-corrected chi connectivity index (χ3v) is 3.73. The van der Waals surface area contributed by atoms with Gasteiger partial charge in [0.15, 0.2) is 6.61 Å². The maximum atomic E-state index is 11.8. The van der Waals surface area contributed by atoms with Crippen molar-refractivity contribution in [3.05, 3.63) is 38.9 Å². The summed E-state index contributed by atoms with van der Waals surface area (Å²) in [6, 6.07) is 4.20. The molecule has 0 aliphatic heterocycles. The minimum absolute atomic E-state index is 0.0183. The van der Waals surface area contributed by atoms with Crippen LogP contribution < -0.4 is 10.1 Å². The number of rotatable bonds is 6. The first kappa shape index (κ1) is 15.8. The Morgan fingerprint density at radius 1 is 1.45 bits per heavy atom. The number of hydrogen-bond acceptors (Lipinski definition) is 7. The third kappa shape index (κ3) is 3.98. The van der Waals surface area contributed by atoms with E-state index in [4.69, 9.17) is 4.74 Å². The molecule has 2 aromatic rings. The van der Waals surface area contributed by atoms with Gasteiger partial charge in [0.1, 0.15) is 10.8 Å². The van der Waals surface area contributed by atoms with Gasteiger partial charge in [0, 0.05) is 12.1 Å². The van der Waals surface area contributed by atoms with Crippen molar-refractivity contribution in [1.29, 1.82) is 0 Å². The van der Waals surface area contributed by atoms with Gasteiger partial charge in [0.25, 0.3) is 11.6 Å². The number of non-ortho nitro benzene ring substituents is 1. The van der Waals surface area contributed by atoms with Gasteiger partial charge in [-0.3, -0.25) is 20.2 Å². The van der Waals surface area contributed by atoms with Gasteiger partial charge in [-0.2, -0.15) is 0 Å². The maximum absolute atomic E-state index is 11.8. The molecule has 0 saturated carbocycles. The van der Waals surface area contributed by atoms with Crippen molar-refractivity contribution in [1.82, 2.24) is 10.2 Å². The van der Waals surface area contributed by atoms with Crippen LogP contribution in [0.3, 0.4) is 0 Å². The number of nitro benzene ring substituents is 1. The highest BCUT2D eigenvalue weighted by Gasteiger charge is 2.11. The molecule has 8 nitrogen and oxygen atoms in total. The Labute approximate surface area is 130 Å². The van der Waals surface area contributed by atoms with Gasteiger partial charge >= 0.3 is 0 Å². The summed E-state index contributed by atoms with van der Waals surface area (Å²) in [7, 11) is 0. The highest BCUT2D eigenvalue weighted by molar-refractivity contribution is 7.15. The number of amides is 1. The fourth-order valence-electron chi connectivity index (χ4n) is 1.65. The van der Waals surface area contributed by atoms with E-state index in [1.165, 1.54) is 29.5 Å². The first-order valence-corrected chi connectivity index (χ1v) is 7.31. The standard InChI is InChI=1S/C13H14N4O4S/c1-3-12-15-16-13(22-12)14-11(18)7-21-10-5-4-9(17(19)20)6-8(10)2/h4-6H,3,7H2,1-2H3,(H,14,16,18). The number of ether oxygens (including phenoxy) is 1. The topological polar surface area (TPSA) is 107 Å². The number of nitro groups is 1. The molecule has 0 atom stereocenters. The minimum atomic E-state index is -0.482. The van der Waals surface area contributed by atoms with Gasteiger partial charge < -0.3 is 4.74 Å². The highest BCUT2D eigenvalue weighted by atomic mass is 32.1. The second kappa shape index (κ2) is 6.94. The molecule has 0 saturated heterocycles. The smallest absolute Gasteiger partial charge is 0.269 e. The second-order valence-electron chi connectivity index (χ2n) is 4.40. The minimum Gasteiger partial charge on any atom is -0.483 e. The van der Waals surface area contributed by atoms with Gasteiger partial charge in [0.05, 0.1) is 4.92 Å². The van der Waals surface area contributed by atoms with Crippen LogP contribution >= 0.6 is 11.3 Å². The average molecular weight is 322 g/mol.